The Labute approximate surface area is 205 Å². The number of carboxylic acids is 1. The molecule has 0 unspecified atom stereocenters. The lowest BCUT2D eigenvalue weighted by atomic mass is 9.79. The quantitative estimate of drug-likeness (QED) is 0.653. The van der Waals surface area contributed by atoms with Crippen molar-refractivity contribution in [3.63, 3.8) is 0 Å². The van der Waals surface area contributed by atoms with E-state index in [4.69, 9.17) is 4.74 Å². The number of likely N-dealkylation sites (tertiary alicyclic amines) is 1. The number of fused-ring (bicyclic) bond motifs is 3. The number of benzene rings is 2. The monoisotopic (exact) mass is 476 g/mol. The van der Waals surface area contributed by atoms with E-state index in [1.165, 1.54) is 4.90 Å². The van der Waals surface area contributed by atoms with Crippen LogP contribution >= 0.6 is 0 Å². The number of aliphatic carboxylic acids is 1. The van der Waals surface area contributed by atoms with Crippen LogP contribution in [0.25, 0.3) is 11.1 Å². The van der Waals surface area contributed by atoms with Crippen LogP contribution in [0.1, 0.15) is 68.4 Å². The lowest BCUT2D eigenvalue weighted by Crippen LogP contribution is -2.63. The van der Waals surface area contributed by atoms with Gasteiger partial charge in [-0.05, 0) is 54.4 Å². The van der Waals surface area contributed by atoms with Crippen LogP contribution in [0, 0.1) is 0 Å². The van der Waals surface area contributed by atoms with Gasteiger partial charge in [-0.3, -0.25) is 4.79 Å². The predicted octanol–water partition coefficient (Wildman–Crippen LogP) is 4.69. The van der Waals surface area contributed by atoms with Crippen molar-refractivity contribution in [1.29, 1.82) is 0 Å². The van der Waals surface area contributed by atoms with E-state index in [-0.39, 0.29) is 18.4 Å². The van der Waals surface area contributed by atoms with E-state index in [1.807, 2.05) is 24.3 Å². The van der Waals surface area contributed by atoms with E-state index >= 15 is 0 Å². The molecule has 7 nitrogen and oxygen atoms in total. The third-order valence-electron chi connectivity index (χ3n) is 7.85. The van der Waals surface area contributed by atoms with Crippen LogP contribution in [0.3, 0.4) is 0 Å². The number of piperidine rings is 1. The summed E-state index contributed by atoms with van der Waals surface area (Å²) in [5.41, 5.74) is 3.46. The van der Waals surface area contributed by atoms with Crippen molar-refractivity contribution in [2.24, 2.45) is 0 Å². The highest BCUT2D eigenvalue weighted by atomic mass is 16.5. The minimum Gasteiger partial charge on any atom is -0.480 e. The van der Waals surface area contributed by atoms with Crippen LogP contribution in [0.2, 0.25) is 0 Å². The summed E-state index contributed by atoms with van der Waals surface area (Å²) in [6, 6.07) is 15.5. The van der Waals surface area contributed by atoms with Gasteiger partial charge in [-0.25, -0.2) is 9.59 Å². The average molecular weight is 477 g/mol. The summed E-state index contributed by atoms with van der Waals surface area (Å²) in [6.07, 6.45) is 4.99. The van der Waals surface area contributed by atoms with Crippen molar-refractivity contribution in [2.75, 3.05) is 13.2 Å². The molecule has 0 spiro atoms. The van der Waals surface area contributed by atoms with Gasteiger partial charge in [0.05, 0.1) is 0 Å². The molecule has 2 aliphatic carbocycles. The van der Waals surface area contributed by atoms with Gasteiger partial charge in [-0.2, -0.15) is 0 Å². The van der Waals surface area contributed by atoms with Gasteiger partial charge in [0.1, 0.15) is 18.2 Å². The second kappa shape index (κ2) is 9.72. The first kappa shape index (κ1) is 23.4. The van der Waals surface area contributed by atoms with Gasteiger partial charge in [0.25, 0.3) is 0 Å². The molecule has 1 aliphatic heterocycles. The van der Waals surface area contributed by atoms with Gasteiger partial charge in [-0.1, -0.05) is 67.8 Å². The molecule has 3 aliphatic rings. The molecular weight excluding hydrogens is 444 g/mol. The SMILES string of the molecule is O=C(NC1(C(=O)N2CCCC[C@H]2C(=O)O)CCCCC1)OCC1c2ccccc2-c2ccccc21. The van der Waals surface area contributed by atoms with E-state index in [0.717, 1.165) is 54.4 Å². The lowest BCUT2D eigenvalue weighted by molar-refractivity contribution is -0.156. The largest absolute Gasteiger partial charge is 0.480 e. The number of ether oxygens (including phenoxy) is 1. The summed E-state index contributed by atoms with van der Waals surface area (Å²) in [5.74, 6) is -1.33. The third kappa shape index (κ3) is 4.40. The van der Waals surface area contributed by atoms with E-state index in [2.05, 4.69) is 29.6 Å². The van der Waals surface area contributed by atoms with Gasteiger partial charge in [-0.15, -0.1) is 0 Å². The molecule has 1 atom stereocenters. The van der Waals surface area contributed by atoms with Crippen LogP contribution in [0.15, 0.2) is 48.5 Å². The predicted molar refractivity (Wildman–Crippen MR) is 131 cm³/mol. The summed E-state index contributed by atoms with van der Waals surface area (Å²) >= 11 is 0. The fraction of sp³-hybridized carbons (Fsp3) is 0.464. The minimum absolute atomic E-state index is 0.0651. The first-order chi connectivity index (χ1) is 17.0. The topological polar surface area (TPSA) is 95.9 Å². The number of hydrogen-bond donors (Lipinski definition) is 2. The molecule has 5 rings (SSSR count). The van der Waals surface area contributed by atoms with Gasteiger partial charge in [0.15, 0.2) is 0 Å². The molecule has 184 valence electrons. The van der Waals surface area contributed by atoms with E-state index in [9.17, 15) is 19.5 Å². The average Bonchev–Trinajstić information content (AvgIpc) is 3.21. The Hall–Kier alpha value is -3.35. The number of carbonyl (C=O) groups is 3. The molecule has 1 heterocycles. The second-order valence-corrected chi connectivity index (χ2v) is 9.94. The Balaban J connectivity index is 1.32. The number of hydrogen-bond acceptors (Lipinski definition) is 4. The van der Waals surface area contributed by atoms with Crippen LogP contribution in [0.4, 0.5) is 4.79 Å². The maximum Gasteiger partial charge on any atom is 0.408 e. The zero-order valence-corrected chi connectivity index (χ0v) is 19.9. The van der Waals surface area contributed by atoms with Gasteiger partial charge < -0.3 is 20.1 Å². The molecule has 0 radical (unpaired) electrons. The number of amides is 2. The highest BCUT2D eigenvalue weighted by Crippen LogP contribution is 2.44. The summed E-state index contributed by atoms with van der Waals surface area (Å²) in [7, 11) is 0. The van der Waals surface area contributed by atoms with Crippen molar-refractivity contribution in [2.45, 2.75) is 68.9 Å². The molecule has 1 saturated carbocycles. The number of carbonyl (C=O) groups excluding carboxylic acids is 2. The molecule has 2 aromatic carbocycles. The van der Waals surface area contributed by atoms with Crippen LogP contribution in [0.5, 0.6) is 0 Å². The zero-order valence-electron chi connectivity index (χ0n) is 19.9. The minimum atomic E-state index is -1.11. The molecule has 0 aromatic heterocycles. The van der Waals surface area contributed by atoms with E-state index in [1.54, 1.807) is 0 Å². The van der Waals surface area contributed by atoms with Crippen molar-refractivity contribution < 1.29 is 24.2 Å². The normalized spacial score (nSPS) is 21.0. The fourth-order valence-electron chi connectivity index (χ4n) is 6.08. The van der Waals surface area contributed by atoms with E-state index < -0.39 is 23.6 Å². The highest BCUT2D eigenvalue weighted by molar-refractivity contribution is 5.93. The van der Waals surface area contributed by atoms with Crippen molar-refractivity contribution in [1.82, 2.24) is 10.2 Å². The first-order valence-electron chi connectivity index (χ1n) is 12.7. The Bertz CT molecular complexity index is 1080. The second-order valence-electron chi connectivity index (χ2n) is 9.94. The number of nitrogens with one attached hydrogen (secondary N) is 1. The van der Waals surface area contributed by atoms with Gasteiger partial charge in [0.2, 0.25) is 5.91 Å². The molecular formula is C28H32N2O5. The maximum atomic E-state index is 13.7. The molecule has 7 heteroatoms. The van der Waals surface area contributed by atoms with Crippen LogP contribution < -0.4 is 5.32 Å². The van der Waals surface area contributed by atoms with E-state index in [0.29, 0.717) is 25.8 Å². The number of alkyl carbamates (subject to hydrolysis) is 1. The Kier molecular flexibility index (Phi) is 6.50. The molecule has 35 heavy (non-hydrogen) atoms. The van der Waals surface area contributed by atoms with Crippen LogP contribution in [-0.2, 0) is 14.3 Å². The van der Waals surface area contributed by atoms with Crippen molar-refractivity contribution in [3.8, 4) is 11.1 Å². The van der Waals surface area contributed by atoms with Crippen molar-refractivity contribution in [3.05, 3.63) is 59.7 Å². The highest BCUT2D eigenvalue weighted by Gasteiger charge is 2.47. The molecule has 2 N–H and O–H groups in total. The summed E-state index contributed by atoms with van der Waals surface area (Å²) in [5, 5.41) is 12.6. The van der Waals surface area contributed by atoms with Crippen LogP contribution in [-0.4, -0.2) is 52.7 Å². The number of carboxylic acid groups (broad SMARTS) is 1. The number of rotatable bonds is 5. The zero-order chi connectivity index (χ0) is 24.4. The maximum absolute atomic E-state index is 13.7. The summed E-state index contributed by atoms with van der Waals surface area (Å²) in [4.78, 5) is 40.1. The van der Waals surface area contributed by atoms with Gasteiger partial charge >= 0.3 is 12.1 Å². The first-order valence-corrected chi connectivity index (χ1v) is 12.7. The molecule has 2 aromatic rings. The Morgan fingerprint density at radius 2 is 1.54 bits per heavy atom. The summed E-state index contributed by atoms with van der Waals surface area (Å²) in [6.45, 7) is 0.579. The smallest absolute Gasteiger partial charge is 0.408 e. The standard InChI is InChI=1S/C28H32N2O5/c31-25(32)24-14-6-9-17-30(24)26(33)28(15-7-1-8-16-28)29-27(34)35-18-23-21-12-4-2-10-19(21)20-11-3-5-13-22(20)23/h2-5,10-13,23-24H,1,6-9,14-18H2,(H,29,34)(H,31,32)/t24-/m0/s1. The molecule has 0 bridgehead atoms. The fourth-order valence-corrected chi connectivity index (χ4v) is 6.08. The van der Waals surface area contributed by atoms with Crippen molar-refractivity contribution >= 4 is 18.0 Å². The third-order valence-corrected chi connectivity index (χ3v) is 7.85. The molecule has 1 saturated heterocycles. The Morgan fingerprint density at radius 3 is 2.17 bits per heavy atom. The molecule has 2 amide bonds. The lowest BCUT2D eigenvalue weighted by Gasteiger charge is -2.43. The molecule has 2 fully saturated rings. The summed E-state index contributed by atoms with van der Waals surface area (Å²) < 4.78 is 5.74. The Morgan fingerprint density at radius 1 is 0.914 bits per heavy atom. The van der Waals surface area contributed by atoms with Gasteiger partial charge in [0, 0.05) is 12.5 Å². The number of nitrogens with zero attached hydrogens (tertiary/aromatic N) is 1.